The minimum Gasteiger partial charge on any atom is -0.352 e. The van der Waals surface area contributed by atoms with Gasteiger partial charge >= 0.3 is 0 Å². The molecule has 6 aromatic rings. The van der Waals surface area contributed by atoms with Gasteiger partial charge in [0.25, 0.3) is 0 Å². The molecule has 0 unspecified atom stereocenters. The molecule has 7 nitrogen and oxygen atoms in total. The number of rotatable bonds is 5. The van der Waals surface area contributed by atoms with Crippen LogP contribution in [0.1, 0.15) is 13.8 Å². The summed E-state index contributed by atoms with van der Waals surface area (Å²) < 4.78 is 13.7. The Balaban J connectivity index is 1.41. The predicted molar refractivity (Wildman–Crippen MR) is 141 cm³/mol. The maximum atomic E-state index is 13.7. The lowest BCUT2D eigenvalue weighted by Gasteiger charge is -2.09. The van der Waals surface area contributed by atoms with Gasteiger partial charge in [-0.3, -0.25) is 19.9 Å². The number of nitrogens with one attached hydrogen (secondary N) is 3. The molecule has 0 saturated heterocycles. The molecule has 0 aliphatic carbocycles. The van der Waals surface area contributed by atoms with Gasteiger partial charge in [-0.2, -0.15) is 9.49 Å². The first-order valence-electron chi connectivity index (χ1n) is 11.4. The van der Waals surface area contributed by atoms with Crippen molar-refractivity contribution in [2.75, 3.05) is 5.32 Å². The van der Waals surface area contributed by atoms with E-state index in [4.69, 9.17) is 0 Å². The number of carbonyl (C=O) groups excluding carboxylic acids is 1. The number of H-pyrrole nitrogens is 2. The zero-order chi connectivity index (χ0) is 24.8. The number of thiophene rings is 1. The lowest BCUT2D eigenvalue weighted by atomic mass is 10.0. The topological polar surface area (TPSA) is 99.3 Å². The van der Waals surface area contributed by atoms with Crippen molar-refractivity contribution >= 4 is 44.7 Å². The molecule has 0 spiro atoms. The Labute approximate surface area is 209 Å². The highest BCUT2D eigenvalue weighted by atomic mass is 32.1. The summed E-state index contributed by atoms with van der Waals surface area (Å²) >= 11 is 1.10. The Bertz CT molecular complexity index is 1750. The molecule has 36 heavy (non-hydrogen) atoms. The van der Waals surface area contributed by atoms with Gasteiger partial charge < -0.3 is 10.3 Å². The Morgan fingerprint density at radius 1 is 0.944 bits per heavy atom. The lowest BCUT2D eigenvalue weighted by molar-refractivity contribution is -0.118. The van der Waals surface area contributed by atoms with Gasteiger partial charge in [-0.1, -0.05) is 19.9 Å². The van der Waals surface area contributed by atoms with Gasteiger partial charge in [0.2, 0.25) is 5.91 Å². The molecule has 5 heterocycles. The highest BCUT2D eigenvalue weighted by Crippen LogP contribution is 2.36. The van der Waals surface area contributed by atoms with Gasteiger partial charge in [0.05, 0.1) is 34.8 Å². The molecule has 178 valence electrons. The molecule has 9 heteroatoms. The van der Waals surface area contributed by atoms with Crippen LogP contribution < -0.4 is 5.32 Å². The molecule has 0 radical (unpaired) electrons. The van der Waals surface area contributed by atoms with Crippen LogP contribution in [0.4, 0.5) is 10.1 Å². The molecule has 1 amide bonds. The number of fused-ring (bicyclic) bond motifs is 2. The third-order valence-electron chi connectivity index (χ3n) is 6.07. The van der Waals surface area contributed by atoms with Gasteiger partial charge in [-0.05, 0) is 42.0 Å². The van der Waals surface area contributed by atoms with Crippen LogP contribution in [0.3, 0.4) is 0 Å². The number of halogens is 1. The van der Waals surface area contributed by atoms with Crippen LogP contribution in [-0.2, 0) is 4.79 Å². The van der Waals surface area contributed by atoms with Crippen LogP contribution in [0, 0.1) is 11.0 Å². The highest BCUT2D eigenvalue weighted by Gasteiger charge is 2.16. The van der Waals surface area contributed by atoms with E-state index in [0.717, 1.165) is 66.1 Å². The molecule has 3 N–H and O–H groups in total. The summed E-state index contributed by atoms with van der Waals surface area (Å²) in [5.41, 5.74) is 6.69. The Hall–Kier alpha value is -4.37. The van der Waals surface area contributed by atoms with E-state index in [1.165, 1.54) is 6.07 Å². The van der Waals surface area contributed by atoms with Crippen molar-refractivity contribution in [3.05, 3.63) is 72.4 Å². The number of anilines is 1. The minimum atomic E-state index is -0.231. The summed E-state index contributed by atoms with van der Waals surface area (Å²) in [4.78, 5) is 25.0. The summed E-state index contributed by atoms with van der Waals surface area (Å²) in [6, 6.07) is 13.2. The van der Waals surface area contributed by atoms with E-state index in [1.807, 2.05) is 38.1 Å². The van der Waals surface area contributed by atoms with E-state index in [1.54, 1.807) is 30.9 Å². The van der Waals surface area contributed by atoms with Gasteiger partial charge in [-0.15, -0.1) is 11.3 Å². The van der Waals surface area contributed by atoms with E-state index in [0.29, 0.717) is 5.69 Å². The zero-order valence-corrected chi connectivity index (χ0v) is 20.3. The molecule has 0 atom stereocenters. The number of nitrogens with zero attached hydrogens (tertiary/aromatic N) is 3. The molecule has 1 aromatic carbocycles. The summed E-state index contributed by atoms with van der Waals surface area (Å²) in [6.07, 6.45) is 6.92. The Kier molecular flexibility index (Phi) is 5.34. The first-order chi connectivity index (χ1) is 17.5. The first kappa shape index (κ1) is 22.1. The fraction of sp³-hybridized carbons (Fsp3) is 0.111. The number of aromatic nitrogens is 5. The molecule has 0 bridgehead atoms. The Morgan fingerprint density at radius 3 is 2.61 bits per heavy atom. The minimum absolute atomic E-state index is 0.0560. The number of amides is 1. The molecule has 6 rings (SSSR count). The fourth-order valence-corrected chi connectivity index (χ4v) is 4.94. The Morgan fingerprint density at radius 2 is 1.81 bits per heavy atom. The van der Waals surface area contributed by atoms with Crippen molar-refractivity contribution in [3.63, 3.8) is 0 Å². The first-order valence-corrected chi connectivity index (χ1v) is 12.2. The number of benzene rings is 1. The smallest absolute Gasteiger partial charge is 0.226 e. The molecular formula is C27H21FN6OS. The van der Waals surface area contributed by atoms with Crippen LogP contribution in [0.25, 0.3) is 54.8 Å². The van der Waals surface area contributed by atoms with Crippen molar-refractivity contribution in [3.8, 4) is 33.0 Å². The highest BCUT2D eigenvalue weighted by molar-refractivity contribution is 7.14. The van der Waals surface area contributed by atoms with Gasteiger partial charge in [0, 0.05) is 45.1 Å². The predicted octanol–water partition coefficient (Wildman–Crippen LogP) is 6.63. The standard InChI is InChI=1S/C27H21FN6OS/c1-14(2)27(35)31-17-7-16(10-29-11-17)15-3-4-21-19(8-15)26(34-33-21)22-9-18-20(12-30-13-23(18)32-22)24-5-6-25(28)36-24/h3-14,32H,1-2H3,(H,31,35)(H,33,34). The maximum Gasteiger partial charge on any atom is 0.226 e. The monoisotopic (exact) mass is 496 g/mol. The van der Waals surface area contributed by atoms with E-state index >= 15 is 0 Å². The number of hydrogen-bond donors (Lipinski definition) is 3. The molecule has 5 aromatic heterocycles. The maximum absolute atomic E-state index is 13.7. The summed E-state index contributed by atoms with van der Waals surface area (Å²) in [7, 11) is 0. The van der Waals surface area contributed by atoms with Crippen molar-refractivity contribution < 1.29 is 9.18 Å². The molecule has 0 aliphatic heterocycles. The summed E-state index contributed by atoms with van der Waals surface area (Å²) in [5.74, 6) is -0.177. The lowest BCUT2D eigenvalue weighted by Crippen LogP contribution is -2.17. The SMILES string of the molecule is CC(C)C(=O)Nc1cncc(-c2ccc3[nH]nc(-c4cc5c(-c6ccc(F)s6)cncc5[nH]4)c3c2)c1. The van der Waals surface area contributed by atoms with E-state index in [-0.39, 0.29) is 17.0 Å². The van der Waals surface area contributed by atoms with Crippen molar-refractivity contribution in [2.24, 2.45) is 5.92 Å². The number of hydrogen-bond acceptors (Lipinski definition) is 5. The second kappa shape index (κ2) is 8.69. The summed E-state index contributed by atoms with van der Waals surface area (Å²) in [5, 5.41) is 12.2. The van der Waals surface area contributed by atoms with Crippen molar-refractivity contribution in [1.29, 1.82) is 0 Å². The fourth-order valence-electron chi connectivity index (χ4n) is 4.19. The normalized spacial score (nSPS) is 11.6. The zero-order valence-electron chi connectivity index (χ0n) is 19.5. The van der Waals surface area contributed by atoms with Crippen LogP contribution in [0.5, 0.6) is 0 Å². The average Bonchev–Trinajstić information content (AvgIpc) is 3.61. The average molecular weight is 497 g/mol. The van der Waals surface area contributed by atoms with Gasteiger partial charge in [-0.25, -0.2) is 0 Å². The van der Waals surface area contributed by atoms with Crippen molar-refractivity contribution in [1.82, 2.24) is 25.1 Å². The van der Waals surface area contributed by atoms with Crippen LogP contribution >= 0.6 is 11.3 Å². The van der Waals surface area contributed by atoms with Crippen LogP contribution in [0.15, 0.2) is 67.3 Å². The van der Waals surface area contributed by atoms with E-state index < -0.39 is 0 Å². The molecule has 0 aliphatic rings. The largest absolute Gasteiger partial charge is 0.352 e. The molecule has 0 saturated carbocycles. The number of pyridine rings is 2. The molecular weight excluding hydrogens is 475 g/mol. The summed E-state index contributed by atoms with van der Waals surface area (Å²) in [6.45, 7) is 3.70. The van der Waals surface area contributed by atoms with Crippen molar-refractivity contribution in [2.45, 2.75) is 13.8 Å². The van der Waals surface area contributed by atoms with Crippen LogP contribution in [-0.4, -0.2) is 31.1 Å². The third kappa shape index (κ3) is 3.93. The quantitative estimate of drug-likeness (QED) is 0.249. The number of aromatic amines is 2. The van der Waals surface area contributed by atoms with Crippen LogP contribution in [0.2, 0.25) is 0 Å². The second-order valence-electron chi connectivity index (χ2n) is 8.87. The number of carbonyl (C=O) groups is 1. The molecule has 0 fully saturated rings. The third-order valence-corrected chi connectivity index (χ3v) is 6.97. The van der Waals surface area contributed by atoms with Gasteiger partial charge in [0.15, 0.2) is 5.13 Å². The second-order valence-corrected chi connectivity index (χ2v) is 9.91. The van der Waals surface area contributed by atoms with E-state index in [9.17, 15) is 9.18 Å². The van der Waals surface area contributed by atoms with E-state index in [2.05, 4.69) is 36.5 Å². The van der Waals surface area contributed by atoms with Gasteiger partial charge in [0.1, 0.15) is 5.69 Å².